The minimum atomic E-state index is -4.92. The highest BCUT2D eigenvalue weighted by Gasteiger charge is 2.41. The number of aliphatic carboxylic acids is 1. The average Bonchev–Trinajstić information content (AvgIpc) is 3.40. The summed E-state index contributed by atoms with van der Waals surface area (Å²) in [4.78, 5) is 40.0. The van der Waals surface area contributed by atoms with Crippen molar-refractivity contribution in [3.63, 3.8) is 0 Å². The summed E-state index contributed by atoms with van der Waals surface area (Å²) in [5.74, 6) is -2.71. The highest BCUT2D eigenvalue weighted by atomic mass is 19.4. The number of Topliss-reactive ketones (excluding diaryl/α,β-unsaturated/α-hetero) is 2. The van der Waals surface area contributed by atoms with E-state index in [-0.39, 0.29) is 61.0 Å². The normalized spacial score (nSPS) is 17.3. The van der Waals surface area contributed by atoms with Crippen LogP contribution >= 0.6 is 0 Å². The maximum absolute atomic E-state index is 13.6. The van der Waals surface area contributed by atoms with Crippen molar-refractivity contribution in [2.75, 3.05) is 7.11 Å². The topological polar surface area (TPSA) is 107 Å². The number of oxazole rings is 1. The lowest BCUT2D eigenvalue weighted by Crippen LogP contribution is -2.16. The first kappa shape index (κ1) is 30.0. The highest BCUT2D eigenvalue weighted by Crippen LogP contribution is 2.39. The van der Waals surface area contributed by atoms with Gasteiger partial charge in [0.15, 0.2) is 11.5 Å². The molecule has 0 amide bonds. The zero-order chi connectivity index (χ0) is 29.6. The largest absolute Gasteiger partial charge is 0.496 e. The fraction of sp³-hybridized carbons (Fsp3) is 0.419. The van der Waals surface area contributed by atoms with E-state index in [1.54, 1.807) is 18.2 Å². The molecule has 0 radical (unpaired) electrons. The Morgan fingerprint density at radius 3 is 2.32 bits per heavy atom. The van der Waals surface area contributed by atoms with Gasteiger partial charge in [0.2, 0.25) is 11.7 Å². The molecule has 41 heavy (non-hydrogen) atoms. The quantitative estimate of drug-likeness (QED) is 0.228. The number of hydrogen-bond donors (Lipinski definition) is 1. The Hall–Kier alpha value is -3.95. The minimum absolute atomic E-state index is 0.0413. The third-order valence-corrected chi connectivity index (χ3v) is 7.51. The molecule has 1 aliphatic rings. The van der Waals surface area contributed by atoms with Crippen LogP contribution < -0.4 is 4.74 Å². The zero-order valence-corrected chi connectivity index (χ0v) is 22.7. The third kappa shape index (κ3) is 7.83. The smallest absolute Gasteiger partial charge is 0.452 e. The van der Waals surface area contributed by atoms with Gasteiger partial charge in [-0.3, -0.25) is 14.4 Å². The molecule has 1 saturated carbocycles. The number of carbonyl (C=O) groups excluding carboxylic acids is 2. The molecule has 1 fully saturated rings. The van der Waals surface area contributed by atoms with Crippen molar-refractivity contribution >= 4 is 17.5 Å². The minimum Gasteiger partial charge on any atom is -0.496 e. The summed E-state index contributed by atoms with van der Waals surface area (Å²) in [5.41, 5.74) is 1.37. The highest BCUT2D eigenvalue weighted by molar-refractivity contribution is 5.96. The van der Waals surface area contributed by atoms with Crippen LogP contribution in [0.4, 0.5) is 13.2 Å². The Bertz CT molecular complexity index is 1370. The van der Waals surface area contributed by atoms with E-state index in [0.717, 1.165) is 31.2 Å². The van der Waals surface area contributed by atoms with E-state index in [0.29, 0.717) is 5.92 Å². The fourth-order valence-corrected chi connectivity index (χ4v) is 5.37. The number of methoxy groups -OCH3 is 1. The predicted molar refractivity (Wildman–Crippen MR) is 144 cm³/mol. The number of ether oxygens (including phenoxy) is 1. The van der Waals surface area contributed by atoms with E-state index in [9.17, 15) is 27.6 Å². The van der Waals surface area contributed by atoms with E-state index in [1.165, 1.54) is 18.7 Å². The second-order valence-corrected chi connectivity index (χ2v) is 10.4. The molecule has 7 nitrogen and oxygen atoms in total. The van der Waals surface area contributed by atoms with Gasteiger partial charge >= 0.3 is 12.1 Å². The molecule has 1 N–H and O–H groups in total. The van der Waals surface area contributed by atoms with Crippen LogP contribution in [0.2, 0.25) is 0 Å². The number of hydrogen-bond acceptors (Lipinski definition) is 6. The van der Waals surface area contributed by atoms with Crippen molar-refractivity contribution in [1.29, 1.82) is 0 Å². The molecule has 2 aromatic carbocycles. The van der Waals surface area contributed by atoms with Crippen molar-refractivity contribution in [1.82, 2.24) is 4.98 Å². The lowest BCUT2D eigenvalue weighted by molar-refractivity contribution is -0.153. The van der Waals surface area contributed by atoms with Crippen LogP contribution in [-0.4, -0.2) is 34.7 Å². The van der Waals surface area contributed by atoms with Crippen LogP contribution in [0.3, 0.4) is 0 Å². The van der Waals surface area contributed by atoms with Crippen molar-refractivity contribution < 1.29 is 41.8 Å². The Morgan fingerprint density at radius 2 is 1.68 bits per heavy atom. The Kier molecular flexibility index (Phi) is 9.62. The van der Waals surface area contributed by atoms with Gasteiger partial charge < -0.3 is 14.3 Å². The molecule has 0 saturated heterocycles. The molecule has 1 aromatic heterocycles. The number of carboxylic acid groups (broad SMARTS) is 1. The van der Waals surface area contributed by atoms with Gasteiger partial charge in [0.05, 0.1) is 12.7 Å². The number of halogens is 3. The van der Waals surface area contributed by atoms with Crippen molar-refractivity contribution in [3.05, 3.63) is 71.1 Å². The van der Waals surface area contributed by atoms with Crippen molar-refractivity contribution in [2.24, 2.45) is 5.92 Å². The molecule has 0 unspecified atom stereocenters. The number of rotatable bonds is 12. The van der Waals surface area contributed by atoms with Gasteiger partial charge in [-0.15, -0.1) is 0 Å². The molecule has 1 heterocycles. The number of carbonyl (C=O) groups is 3. The van der Waals surface area contributed by atoms with E-state index in [1.807, 2.05) is 24.3 Å². The molecule has 0 aliphatic heterocycles. The first-order valence-corrected chi connectivity index (χ1v) is 13.6. The van der Waals surface area contributed by atoms with E-state index >= 15 is 0 Å². The lowest BCUT2D eigenvalue weighted by atomic mass is 9.77. The molecule has 4 rings (SSSR count). The maximum atomic E-state index is 13.6. The second kappa shape index (κ2) is 13.1. The molecular formula is C31H32F3NO6. The van der Waals surface area contributed by atoms with Gasteiger partial charge in [0.1, 0.15) is 11.5 Å². The summed E-state index contributed by atoms with van der Waals surface area (Å²) in [6, 6.07) is 14.0. The molecule has 1 aliphatic carbocycles. The third-order valence-electron chi connectivity index (χ3n) is 7.51. The predicted octanol–water partition coefficient (Wildman–Crippen LogP) is 7.28. The summed E-state index contributed by atoms with van der Waals surface area (Å²) in [6.07, 6.45) is -1.05. The number of aromatic nitrogens is 1. The van der Waals surface area contributed by atoms with Crippen LogP contribution in [0, 0.1) is 5.92 Å². The number of alkyl halides is 3. The van der Waals surface area contributed by atoms with Gasteiger partial charge in [-0.05, 0) is 67.2 Å². The zero-order valence-electron chi connectivity index (χ0n) is 22.7. The maximum Gasteiger partial charge on any atom is 0.452 e. The number of nitrogens with zero attached hydrogens (tertiary/aromatic N) is 1. The first-order valence-electron chi connectivity index (χ1n) is 13.6. The fourth-order valence-electron chi connectivity index (χ4n) is 5.37. The van der Waals surface area contributed by atoms with E-state index < -0.39 is 29.4 Å². The van der Waals surface area contributed by atoms with Crippen LogP contribution in [0.15, 0.2) is 52.9 Å². The second-order valence-electron chi connectivity index (χ2n) is 10.4. The van der Waals surface area contributed by atoms with Gasteiger partial charge in [-0.2, -0.15) is 13.2 Å². The number of para-hydroxylation sites is 1. The van der Waals surface area contributed by atoms with Crippen LogP contribution in [-0.2, 0) is 22.2 Å². The Labute approximate surface area is 235 Å². The van der Waals surface area contributed by atoms with Gasteiger partial charge in [0, 0.05) is 25.7 Å². The number of ketones is 2. The van der Waals surface area contributed by atoms with E-state index in [2.05, 4.69) is 4.98 Å². The summed E-state index contributed by atoms with van der Waals surface area (Å²) in [7, 11) is 1.36. The molecule has 3 aromatic rings. The Balaban J connectivity index is 1.30. The van der Waals surface area contributed by atoms with E-state index in [4.69, 9.17) is 14.3 Å². The van der Waals surface area contributed by atoms with Crippen LogP contribution in [0.1, 0.15) is 84.7 Å². The monoisotopic (exact) mass is 571 g/mol. The van der Waals surface area contributed by atoms with Crippen LogP contribution in [0.25, 0.3) is 11.5 Å². The molecule has 218 valence electrons. The molecule has 10 heteroatoms. The summed E-state index contributed by atoms with van der Waals surface area (Å²) < 4.78 is 51.0. The van der Waals surface area contributed by atoms with Gasteiger partial charge in [0.25, 0.3) is 0 Å². The summed E-state index contributed by atoms with van der Waals surface area (Å²) in [6.45, 7) is 0. The Morgan fingerprint density at radius 1 is 1.00 bits per heavy atom. The van der Waals surface area contributed by atoms with Crippen LogP contribution in [0.5, 0.6) is 5.75 Å². The number of carboxylic acids is 1. The standard InChI is InChI=1S/C31H32F3NO6/c1-40-26-8-3-2-6-24(26)30-35-28(29(41-30)31(32,33)34)25(37)7-4-5-23(36)17-19-9-13-21(14-10-19)22-15-11-20(12-16-22)18-27(38)39/h2-3,6,8-10,13-14,20,22H,4-5,7,11-12,15-18H2,1H3,(H,38,39). The van der Waals surface area contributed by atoms with Gasteiger partial charge in [-0.25, -0.2) is 4.98 Å². The van der Waals surface area contributed by atoms with Crippen molar-refractivity contribution in [3.8, 4) is 17.2 Å². The average molecular weight is 572 g/mol. The SMILES string of the molecule is COc1ccccc1-c1nc(C(=O)CCCC(=O)Cc2ccc(C3CCC(CC(=O)O)CC3)cc2)c(C(F)(F)F)o1. The molecular weight excluding hydrogens is 539 g/mol. The lowest BCUT2D eigenvalue weighted by Gasteiger charge is -2.28. The summed E-state index contributed by atoms with van der Waals surface area (Å²) in [5, 5.41) is 8.99. The molecule has 0 bridgehead atoms. The molecule has 0 spiro atoms. The summed E-state index contributed by atoms with van der Waals surface area (Å²) >= 11 is 0. The number of benzene rings is 2. The van der Waals surface area contributed by atoms with Crippen molar-refractivity contribution in [2.45, 2.75) is 69.9 Å². The molecule has 0 atom stereocenters. The van der Waals surface area contributed by atoms with Gasteiger partial charge in [-0.1, -0.05) is 36.4 Å². The first-order chi connectivity index (χ1) is 19.5.